The SMILES string of the molecule is O=C(CCc1ccccc1F)NCC(O)c1ccc(-c2cccs2)s1. The van der Waals surface area contributed by atoms with Gasteiger partial charge in [0.1, 0.15) is 11.9 Å². The first-order valence-corrected chi connectivity index (χ1v) is 9.65. The molecule has 3 aromatic rings. The average Bonchev–Trinajstić information content (AvgIpc) is 3.30. The molecule has 25 heavy (non-hydrogen) atoms. The van der Waals surface area contributed by atoms with Gasteiger partial charge in [0.2, 0.25) is 5.91 Å². The van der Waals surface area contributed by atoms with Gasteiger partial charge in [-0.1, -0.05) is 24.3 Å². The lowest BCUT2D eigenvalue weighted by molar-refractivity contribution is -0.121. The van der Waals surface area contributed by atoms with Crippen molar-refractivity contribution < 1.29 is 14.3 Å². The van der Waals surface area contributed by atoms with Crippen LogP contribution in [0.4, 0.5) is 4.39 Å². The second kappa shape index (κ2) is 8.38. The Morgan fingerprint density at radius 1 is 1.12 bits per heavy atom. The number of carbonyl (C=O) groups excluding carboxylic acids is 1. The van der Waals surface area contributed by atoms with Crippen molar-refractivity contribution in [3.05, 3.63) is 70.2 Å². The number of aliphatic hydroxyl groups is 1. The van der Waals surface area contributed by atoms with Gasteiger partial charge >= 0.3 is 0 Å². The number of hydrogen-bond acceptors (Lipinski definition) is 4. The third-order valence-electron chi connectivity index (χ3n) is 3.79. The fourth-order valence-corrected chi connectivity index (χ4v) is 4.26. The predicted molar refractivity (Wildman–Crippen MR) is 100 cm³/mol. The molecule has 0 fully saturated rings. The molecule has 2 aromatic heterocycles. The predicted octanol–water partition coefficient (Wildman–Crippen LogP) is 4.40. The van der Waals surface area contributed by atoms with Gasteiger partial charge in [-0.2, -0.15) is 0 Å². The number of hydrogen-bond donors (Lipinski definition) is 2. The number of benzene rings is 1. The van der Waals surface area contributed by atoms with E-state index in [2.05, 4.69) is 5.32 Å². The second-order valence-corrected chi connectivity index (χ2v) is 7.65. The molecule has 1 unspecified atom stereocenters. The minimum absolute atomic E-state index is 0.153. The van der Waals surface area contributed by atoms with Crippen LogP contribution < -0.4 is 5.32 Å². The van der Waals surface area contributed by atoms with E-state index in [9.17, 15) is 14.3 Å². The molecule has 3 rings (SSSR count). The molecular weight excluding hydrogens is 357 g/mol. The summed E-state index contributed by atoms with van der Waals surface area (Å²) in [4.78, 5) is 15.0. The number of carbonyl (C=O) groups is 1. The molecule has 0 radical (unpaired) electrons. The van der Waals surface area contributed by atoms with Crippen molar-refractivity contribution in [3.8, 4) is 9.75 Å². The fraction of sp³-hybridized carbons (Fsp3) is 0.211. The molecule has 3 nitrogen and oxygen atoms in total. The highest BCUT2D eigenvalue weighted by atomic mass is 32.1. The lowest BCUT2D eigenvalue weighted by Crippen LogP contribution is -2.28. The number of amides is 1. The third kappa shape index (κ3) is 4.75. The summed E-state index contributed by atoms with van der Waals surface area (Å²) in [6.45, 7) is 0.153. The van der Waals surface area contributed by atoms with E-state index in [1.165, 1.54) is 17.4 Å². The van der Waals surface area contributed by atoms with Crippen molar-refractivity contribution >= 4 is 28.6 Å². The van der Waals surface area contributed by atoms with Gasteiger partial charge in [0.15, 0.2) is 0 Å². The summed E-state index contributed by atoms with van der Waals surface area (Å²) in [5.41, 5.74) is 0.525. The lowest BCUT2D eigenvalue weighted by atomic mass is 10.1. The number of halogens is 1. The molecule has 0 aliphatic carbocycles. The zero-order valence-corrected chi connectivity index (χ0v) is 15.1. The molecule has 2 N–H and O–H groups in total. The standard InChI is InChI=1S/C19H18FNO2S2/c20-14-5-2-1-4-13(14)7-10-19(23)21-12-15(22)16-8-9-18(25-16)17-6-3-11-24-17/h1-6,8-9,11,15,22H,7,10,12H2,(H,21,23). The third-order valence-corrected chi connectivity index (χ3v) is 6.04. The van der Waals surface area contributed by atoms with Crippen molar-refractivity contribution in [3.63, 3.8) is 0 Å². The molecule has 0 bridgehead atoms. The number of aliphatic hydroxyl groups excluding tert-OH is 1. The van der Waals surface area contributed by atoms with Crippen LogP contribution in [-0.2, 0) is 11.2 Å². The molecule has 0 saturated heterocycles. The van der Waals surface area contributed by atoms with E-state index in [-0.39, 0.29) is 24.7 Å². The highest BCUT2D eigenvalue weighted by Gasteiger charge is 2.13. The Hall–Kier alpha value is -2.02. The maximum Gasteiger partial charge on any atom is 0.220 e. The van der Waals surface area contributed by atoms with Gasteiger partial charge in [-0.3, -0.25) is 4.79 Å². The summed E-state index contributed by atoms with van der Waals surface area (Å²) in [5.74, 6) is -0.493. The van der Waals surface area contributed by atoms with Gasteiger partial charge in [0.05, 0.1) is 0 Å². The van der Waals surface area contributed by atoms with Crippen LogP contribution >= 0.6 is 22.7 Å². The maximum absolute atomic E-state index is 13.5. The van der Waals surface area contributed by atoms with Crippen LogP contribution in [0.5, 0.6) is 0 Å². The Balaban J connectivity index is 1.48. The van der Waals surface area contributed by atoms with E-state index in [4.69, 9.17) is 0 Å². The summed E-state index contributed by atoms with van der Waals surface area (Å²) in [7, 11) is 0. The van der Waals surface area contributed by atoms with Crippen LogP contribution in [0.2, 0.25) is 0 Å². The molecule has 0 saturated carbocycles. The van der Waals surface area contributed by atoms with E-state index in [0.717, 1.165) is 14.6 Å². The van der Waals surface area contributed by atoms with E-state index in [0.29, 0.717) is 12.0 Å². The Kier molecular flexibility index (Phi) is 5.96. The van der Waals surface area contributed by atoms with Crippen LogP contribution in [0.25, 0.3) is 9.75 Å². The van der Waals surface area contributed by atoms with Crippen molar-refractivity contribution in [2.24, 2.45) is 0 Å². The zero-order valence-electron chi connectivity index (χ0n) is 13.4. The smallest absolute Gasteiger partial charge is 0.220 e. The molecule has 2 heterocycles. The van der Waals surface area contributed by atoms with Crippen LogP contribution in [0.3, 0.4) is 0 Å². The average molecular weight is 375 g/mol. The van der Waals surface area contributed by atoms with E-state index < -0.39 is 6.10 Å². The molecule has 1 atom stereocenters. The van der Waals surface area contributed by atoms with Crippen molar-refractivity contribution in [1.82, 2.24) is 5.32 Å². The maximum atomic E-state index is 13.5. The molecular formula is C19H18FNO2S2. The van der Waals surface area contributed by atoms with E-state index in [1.807, 2.05) is 29.6 Å². The highest BCUT2D eigenvalue weighted by Crippen LogP contribution is 2.33. The van der Waals surface area contributed by atoms with Crippen molar-refractivity contribution in [1.29, 1.82) is 0 Å². The quantitative estimate of drug-likeness (QED) is 0.643. The van der Waals surface area contributed by atoms with Gasteiger partial charge in [-0.05, 0) is 41.6 Å². The van der Waals surface area contributed by atoms with E-state index >= 15 is 0 Å². The zero-order chi connectivity index (χ0) is 17.6. The Morgan fingerprint density at radius 2 is 1.96 bits per heavy atom. The van der Waals surface area contributed by atoms with Crippen LogP contribution in [0, 0.1) is 5.82 Å². The number of rotatable bonds is 7. The normalized spacial score (nSPS) is 12.1. The monoisotopic (exact) mass is 375 g/mol. The minimum atomic E-state index is -0.740. The molecule has 130 valence electrons. The summed E-state index contributed by atoms with van der Waals surface area (Å²) in [6, 6.07) is 14.3. The topological polar surface area (TPSA) is 49.3 Å². The fourth-order valence-electron chi connectivity index (χ4n) is 2.43. The number of nitrogens with one attached hydrogen (secondary N) is 1. The van der Waals surface area contributed by atoms with Gasteiger partial charge < -0.3 is 10.4 Å². The highest BCUT2D eigenvalue weighted by molar-refractivity contribution is 7.21. The first-order valence-electron chi connectivity index (χ1n) is 7.95. The van der Waals surface area contributed by atoms with Crippen LogP contribution in [0.1, 0.15) is 23.0 Å². The summed E-state index contributed by atoms with van der Waals surface area (Å²) in [6.07, 6.45) is -0.203. The largest absolute Gasteiger partial charge is 0.386 e. The van der Waals surface area contributed by atoms with Crippen molar-refractivity contribution in [2.45, 2.75) is 18.9 Å². The van der Waals surface area contributed by atoms with Gasteiger partial charge in [0, 0.05) is 27.6 Å². The van der Waals surface area contributed by atoms with Crippen LogP contribution in [0.15, 0.2) is 53.9 Å². The van der Waals surface area contributed by atoms with Crippen LogP contribution in [-0.4, -0.2) is 17.6 Å². The summed E-state index contributed by atoms with van der Waals surface area (Å²) in [5, 5.41) is 15.0. The van der Waals surface area contributed by atoms with Gasteiger partial charge in [0.25, 0.3) is 0 Å². The van der Waals surface area contributed by atoms with Crippen molar-refractivity contribution in [2.75, 3.05) is 6.54 Å². The first kappa shape index (κ1) is 17.8. The molecule has 0 aliphatic heterocycles. The molecule has 0 aliphatic rings. The molecule has 1 amide bonds. The summed E-state index contributed by atoms with van der Waals surface area (Å²) < 4.78 is 13.5. The second-order valence-electron chi connectivity index (χ2n) is 5.59. The lowest BCUT2D eigenvalue weighted by Gasteiger charge is -2.10. The number of aryl methyl sites for hydroxylation is 1. The number of thiophene rings is 2. The Bertz CT molecular complexity index is 830. The molecule has 1 aromatic carbocycles. The molecule has 6 heteroatoms. The van der Waals surface area contributed by atoms with E-state index in [1.54, 1.807) is 29.5 Å². The summed E-state index contributed by atoms with van der Waals surface area (Å²) >= 11 is 3.18. The molecule has 0 spiro atoms. The first-order chi connectivity index (χ1) is 12.1. The Morgan fingerprint density at radius 3 is 2.72 bits per heavy atom. The van der Waals surface area contributed by atoms with Gasteiger partial charge in [-0.25, -0.2) is 4.39 Å². The Labute approximate surface area is 153 Å². The van der Waals surface area contributed by atoms with Gasteiger partial charge in [-0.15, -0.1) is 22.7 Å². The minimum Gasteiger partial charge on any atom is -0.386 e.